The van der Waals surface area contributed by atoms with Gasteiger partial charge in [-0.3, -0.25) is 0 Å². The fraction of sp³-hybridized carbons (Fsp3) is 0.368. The molecule has 0 aliphatic heterocycles. The lowest BCUT2D eigenvalue weighted by molar-refractivity contribution is 0.266. The molecule has 0 heterocycles. The molecule has 2 aromatic rings. The van der Waals surface area contributed by atoms with E-state index in [-0.39, 0.29) is 0 Å². The minimum Gasteiger partial charge on any atom is -0.493 e. The summed E-state index contributed by atoms with van der Waals surface area (Å²) in [7, 11) is 3.83. The van der Waals surface area contributed by atoms with Gasteiger partial charge in [0.25, 0.3) is 0 Å². The number of ether oxygens (including phenoxy) is 2. The summed E-state index contributed by atoms with van der Waals surface area (Å²) < 4.78 is 11.1. The molecule has 3 heteroatoms. The Labute approximate surface area is 133 Å². The maximum atomic E-state index is 5.78. The fourth-order valence-electron chi connectivity index (χ4n) is 2.38. The van der Waals surface area contributed by atoms with Gasteiger partial charge in [0.1, 0.15) is 0 Å². The molecular formula is C19H25NO2. The number of nitrogens with zero attached hydrogens (tertiary/aromatic N) is 1. The molecule has 2 aromatic carbocycles. The summed E-state index contributed by atoms with van der Waals surface area (Å²) in [5, 5.41) is 0. The second-order valence-corrected chi connectivity index (χ2v) is 5.43. The first-order valence-electron chi connectivity index (χ1n) is 7.78. The molecule has 0 saturated heterocycles. The number of rotatable bonds is 9. The van der Waals surface area contributed by atoms with Gasteiger partial charge in [0.15, 0.2) is 11.5 Å². The van der Waals surface area contributed by atoms with Crippen LogP contribution in [0.15, 0.2) is 54.6 Å². The summed E-state index contributed by atoms with van der Waals surface area (Å²) in [4.78, 5) is 2.35. The number of benzene rings is 2. The molecule has 0 spiro atoms. The molecule has 22 heavy (non-hydrogen) atoms. The summed E-state index contributed by atoms with van der Waals surface area (Å²) in [5.41, 5.74) is 1.36. The second-order valence-electron chi connectivity index (χ2n) is 5.43. The summed E-state index contributed by atoms with van der Waals surface area (Å²) in [6.07, 6.45) is 2.16. The van der Waals surface area contributed by atoms with Gasteiger partial charge in [-0.15, -0.1) is 0 Å². The Bertz CT molecular complexity index is 542. The van der Waals surface area contributed by atoms with E-state index in [1.807, 2.05) is 24.3 Å². The number of hydrogen-bond donors (Lipinski definition) is 0. The van der Waals surface area contributed by atoms with Crippen LogP contribution in [0.25, 0.3) is 0 Å². The van der Waals surface area contributed by atoms with Crippen LogP contribution >= 0.6 is 0 Å². The van der Waals surface area contributed by atoms with E-state index in [9.17, 15) is 0 Å². The Kier molecular flexibility index (Phi) is 6.78. The number of hydrogen-bond acceptors (Lipinski definition) is 3. The molecule has 0 bridgehead atoms. The van der Waals surface area contributed by atoms with Gasteiger partial charge >= 0.3 is 0 Å². The third kappa shape index (κ3) is 5.41. The van der Waals surface area contributed by atoms with Crippen molar-refractivity contribution in [1.82, 2.24) is 4.90 Å². The average molecular weight is 299 g/mol. The van der Waals surface area contributed by atoms with Crippen LogP contribution in [0.1, 0.15) is 18.4 Å². The first-order chi connectivity index (χ1) is 10.8. The monoisotopic (exact) mass is 299 g/mol. The zero-order valence-electron chi connectivity index (χ0n) is 13.5. The van der Waals surface area contributed by atoms with Crippen LogP contribution in [-0.4, -0.2) is 32.2 Å². The van der Waals surface area contributed by atoms with Crippen LogP contribution < -0.4 is 9.47 Å². The highest BCUT2D eigenvalue weighted by atomic mass is 16.5. The lowest BCUT2D eigenvalue weighted by Gasteiger charge is -2.16. The number of methoxy groups -OCH3 is 1. The highest BCUT2D eigenvalue weighted by molar-refractivity contribution is 5.39. The molecule has 0 saturated carbocycles. The SMILES string of the molecule is COc1ccccc1OCCCCN(C)Cc1ccccc1. The molecule has 0 atom stereocenters. The van der Waals surface area contributed by atoms with E-state index in [4.69, 9.17) is 9.47 Å². The fourth-order valence-corrected chi connectivity index (χ4v) is 2.38. The number of para-hydroxylation sites is 2. The molecular weight excluding hydrogens is 274 g/mol. The average Bonchev–Trinajstić information content (AvgIpc) is 2.56. The normalized spacial score (nSPS) is 10.7. The Hall–Kier alpha value is -2.00. The van der Waals surface area contributed by atoms with Crippen molar-refractivity contribution in [3.05, 3.63) is 60.2 Å². The summed E-state index contributed by atoms with van der Waals surface area (Å²) in [5.74, 6) is 1.62. The highest BCUT2D eigenvalue weighted by Gasteiger charge is 2.03. The zero-order chi connectivity index (χ0) is 15.6. The number of unbranched alkanes of at least 4 members (excludes halogenated alkanes) is 1. The summed E-state index contributed by atoms with van der Waals surface area (Å²) in [6.45, 7) is 2.79. The predicted octanol–water partition coefficient (Wildman–Crippen LogP) is 3.99. The zero-order valence-corrected chi connectivity index (χ0v) is 13.5. The van der Waals surface area contributed by atoms with Crippen molar-refractivity contribution >= 4 is 0 Å². The molecule has 0 radical (unpaired) electrons. The van der Waals surface area contributed by atoms with Gasteiger partial charge in [0.05, 0.1) is 13.7 Å². The van der Waals surface area contributed by atoms with Crippen molar-refractivity contribution in [3.63, 3.8) is 0 Å². The van der Waals surface area contributed by atoms with E-state index in [1.54, 1.807) is 7.11 Å². The molecule has 0 aliphatic carbocycles. The minimum atomic E-state index is 0.722. The lowest BCUT2D eigenvalue weighted by Crippen LogP contribution is -2.19. The first-order valence-corrected chi connectivity index (χ1v) is 7.78. The Morgan fingerprint density at radius 1 is 0.864 bits per heavy atom. The maximum Gasteiger partial charge on any atom is 0.161 e. The van der Waals surface area contributed by atoms with Crippen LogP contribution in [0, 0.1) is 0 Å². The standard InChI is InChI=1S/C19H25NO2/c1-20(16-17-10-4-3-5-11-17)14-8-9-15-22-19-13-7-6-12-18(19)21-2/h3-7,10-13H,8-9,14-16H2,1-2H3. The topological polar surface area (TPSA) is 21.7 Å². The van der Waals surface area contributed by atoms with Crippen LogP contribution in [0.2, 0.25) is 0 Å². The van der Waals surface area contributed by atoms with Crippen molar-refractivity contribution < 1.29 is 9.47 Å². The lowest BCUT2D eigenvalue weighted by atomic mass is 10.2. The minimum absolute atomic E-state index is 0.722. The van der Waals surface area contributed by atoms with Gasteiger partial charge in [-0.05, 0) is 44.1 Å². The summed E-state index contributed by atoms with van der Waals surface area (Å²) >= 11 is 0. The van der Waals surface area contributed by atoms with E-state index < -0.39 is 0 Å². The van der Waals surface area contributed by atoms with Crippen molar-refractivity contribution in [2.45, 2.75) is 19.4 Å². The smallest absolute Gasteiger partial charge is 0.161 e. The molecule has 3 nitrogen and oxygen atoms in total. The third-order valence-electron chi connectivity index (χ3n) is 3.56. The third-order valence-corrected chi connectivity index (χ3v) is 3.56. The quantitative estimate of drug-likeness (QED) is 0.654. The molecule has 0 aliphatic rings. The maximum absolute atomic E-state index is 5.78. The van der Waals surface area contributed by atoms with Crippen LogP contribution in [0.4, 0.5) is 0 Å². The highest BCUT2D eigenvalue weighted by Crippen LogP contribution is 2.25. The van der Waals surface area contributed by atoms with E-state index in [1.165, 1.54) is 5.56 Å². The van der Waals surface area contributed by atoms with Gasteiger partial charge in [0, 0.05) is 6.54 Å². The van der Waals surface area contributed by atoms with Crippen LogP contribution in [0.5, 0.6) is 11.5 Å². The second kappa shape index (κ2) is 9.11. The van der Waals surface area contributed by atoms with Crippen LogP contribution in [-0.2, 0) is 6.54 Å². The molecule has 0 amide bonds. The van der Waals surface area contributed by atoms with Crippen molar-refractivity contribution in [2.75, 3.05) is 27.3 Å². The van der Waals surface area contributed by atoms with Gasteiger partial charge < -0.3 is 14.4 Å². The molecule has 0 unspecified atom stereocenters. The Morgan fingerprint density at radius 2 is 1.55 bits per heavy atom. The molecule has 118 valence electrons. The van der Waals surface area contributed by atoms with E-state index >= 15 is 0 Å². The first kappa shape index (κ1) is 16.4. The van der Waals surface area contributed by atoms with Crippen molar-refractivity contribution in [3.8, 4) is 11.5 Å². The molecule has 0 aromatic heterocycles. The van der Waals surface area contributed by atoms with E-state index in [0.717, 1.165) is 44.0 Å². The molecule has 0 fully saturated rings. The molecule has 0 N–H and O–H groups in total. The van der Waals surface area contributed by atoms with Crippen LogP contribution in [0.3, 0.4) is 0 Å². The Morgan fingerprint density at radius 3 is 2.27 bits per heavy atom. The molecule has 2 rings (SSSR count). The van der Waals surface area contributed by atoms with E-state index in [0.29, 0.717) is 0 Å². The van der Waals surface area contributed by atoms with Gasteiger partial charge in [0.2, 0.25) is 0 Å². The van der Waals surface area contributed by atoms with Gasteiger partial charge in [-0.2, -0.15) is 0 Å². The van der Waals surface area contributed by atoms with Crippen molar-refractivity contribution in [2.24, 2.45) is 0 Å². The summed E-state index contributed by atoms with van der Waals surface area (Å²) in [6, 6.07) is 18.3. The Balaban J connectivity index is 1.63. The van der Waals surface area contributed by atoms with Gasteiger partial charge in [-0.25, -0.2) is 0 Å². The predicted molar refractivity (Wildman–Crippen MR) is 90.5 cm³/mol. The largest absolute Gasteiger partial charge is 0.493 e. The van der Waals surface area contributed by atoms with Gasteiger partial charge in [-0.1, -0.05) is 42.5 Å². The van der Waals surface area contributed by atoms with E-state index in [2.05, 4.69) is 42.3 Å². The van der Waals surface area contributed by atoms with Crippen molar-refractivity contribution in [1.29, 1.82) is 0 Å².